The van der Waals surface area contributed by atoms with E-state index in [9.17, 15) is 19.8 Å². The second kappa shape index (κ2) is 6.17. The van der Waals surface area contributed by atoms with Crippen LogP contribution in [0.1, 0.15) is 26.3 Å². The van der Waals surface area contributed by atoms with E-state index >= 15 is 0 Å². The van der Waals surface area contributed by atoms with Gasteiger partial charge in [0.15, 0.2) is 11.5 Å². The van der Waals surface area contributed by atoms with Crippen molar-refractivity contribution in [2.45, 2.75) is 6.92 Å². The Labute approximate surface area is 127 Å². The van der Waals surface area contributed by atoms with Crippen molar-refractivity contribution in [3.63, 3.8) is 0 Å². The van der Waals surface area contributed by atoms with Gasteiger partial charge in [0.25, 0.3) is 5.91 Å². The summed E-state index contributed by atoms with van der Waals surface area (Å²) in [5.41, 5.74) is 1.23. The molecule has 6 heteroatoms. The Bertz CT molecular complexity index is 739. The topological polar surface area (TPSA) is 95.9 Å². The molecule has 0 unspecified atom stereocenters. The minimum Gasteiger partial charge on any atom is -0.504 e. The zero-order valence-corrected chi connectivity index (χ0v) is 12.1. The quantitative estimate of drug-likeness (QED) is 0.598. The molecule has 0 aliphatic rings. The van der Waals surface area contributed by atoms with E-state index in [1.54, 1.807) is 25.1 Å². The highest BCUT2D eigenvalue weighted by Gasteiger charge is 2.16. The van der Waals surface area contributed by atoms with Crippen LogP contribution in [0.5, 0.6) is 11.5 Å². The smallest absolute Gasteiger partial charge is 0.337 e. The lowest BCUT2D eigenvalue weighted by Gasteiger charge is -2.10. The van der Waals surface area contributed by atoms with E-state index in [-0.39, 0.29) is 16.9 Å². The third-order valence-electron chi connectivity index (χ3n) is 3.02. The molecule has 2 aromatic rings. The molecule has 0 radical (unpaired) electrons. The number of benzene rings is 2. The fraction of sp³-hybridized carbons (Fsp3) is 0.125. The van der Waals surface area contributed by atoms with Crippen LogP contribution in [0.25, 0.3) is 0 Å². The van der Waals surface area contributed by atoms with Crippen LogP contribution in [0.4, 0.5) is 5.69 Å². The van der Waals surface area contributed by atoms with Crippen molar-refractivity contribution in [2.75, 3.05) is 12.4 Å². The third kappa shape index (κ3) is 3.17. The molecule has 0 spiro atoms. The average Bonchev–Trinajstić information content (AvgIpc) is 2.50. The number of phenolic OH excluding ortho intramolecular Hbond substituents is 2. The number of phenols is 2. The number of carbonyl (C=O) groups is 2. The maximum Gasteiger partial charge on any atom is 0.337 e. The number of hydrogen-bond donors (Lipinski definition) is 3. The van der Waals surface area contributed by atoms with Gasteiger partial charge in [-0.1, -0.05) is 6.07 Å². The number of amides is 1. The van der Waals surface area contributed by atoms with Gasteiger partial charge >= 0.3 is 5.97 Å². The van der Waals surface area contributed by atoms with Crippen LogP contribution >= 0.6 is 0 Å². The Morgan fingerprint density at radius 2 is 1.86 bits per heavy atom. The van der Waals surface area contributed by atoms with Crippen molar-refractivity contribution in [2.24, 2.45) is 0 Å². The molecule has 22 heavy (non-hydrogen) atoms. The Morgan fingerprint density at radius 3 is 2.55 bits per heavy atom. The number of nitrogens with one attached hydrogen (secondary N) is 1. The molecule has 1 amide bonds. The molecular formula is C16H15NO5. The molecule has 0 fully saturated rings. The predicted octanol–water partition coefficient (Wildman–Crippen LogP) is 2.45. The summed E-state index contributed by atoms with van der Waals surface area (Å²) in [4.78, 5) is 23.6. The Kier molecular flexibility index (Phi) is 4.31. The normalized spacial score (nSPS) is 10.1. The van der Waals surface area contributed by atoms with Gasteiger partial charge in [-0.3, -0.25) is 4.79 Å². The van der Waals surface area contributed by atoms with Crippen molar-refractivity contribution in [1.82, 2.24) is 0 Å². The summed E-state index contributed by atoms with van der Waals surface area (Å²) in [5.74, 6) is -1.98. The first-order chi connectivity index (χ1) is 10.4. The molecule has 6 nitrogen and oxygen atoms in total. The van der Waals surface area contributed by atoms with E-state index in [2.05, 4.69) is 10.1 Å². The minimum atomic E-state index is -0.599. The molecule has 3 N–H and O–H groups in total. The zero-order chi connectivity index (χ0) is 16.3. The number of aryl methyl sites for hydroxylation is 1. The Balaban J connectivity index is 2.28. The van der Waals surface area contributed by atoms with E-state index in [1.807, 2.05) is 0 Å². The van der Waals surface area contributed by atoms with Crippen LogP contribution in [0.3, 0.4) is 0 Å². The molecule has 0 saturated carbocycles. The van der Waals surface area contributed by atoms with Crippen molar-refractivity contribution in [3.05, 3.63) is 53.1 Å². The number of esters is 1. The first kappa shape index (κ1) is 15.4. The number of carbonyl (C=O) groups excluding carboxylic acids is 2. The average molecular weight is 301 g/mol. The van der Waals surface area contributed by atoms with E-state index < -0.39 is 17.6 Å². The van der Waals surface area contributed by atoms with Gasteiger partial charge in [0.2, 0.25) is 0 Å². The molecule has 2 rings (SSSR count). The van der Waals surface area contributed by atoms with E-state index in [1.165, 1.54) is 25.3 Å². The summed E-state index contributed by atoms with van der Waals surface area (Å²) in [7, 11) is 1.27. The van der Waals surface area contributed by atoms with E-state index in [0.717, 1.165) is 0 Å². The van der Waals surface area contributed by atoms with Crippen LogP contribution in [0.15, 0.2) is 36.4 Å². The van der Waals surface area contributed by atoms with Gasteiger partial charge in [0, 0.05) is 5.69 Å². The van der Waals surface area contributed by atoms with Gasteiger partial charge in [-0.15, -0.1) is 0 Å². The monoisotopic (exact) mass is 301 g/mol. The van der Waals surface area contributed by atoms with Gasteiger partial charge < -0.3 is 20.3 Å². The predicted molar refractivity (Wildman–Crippen MR) is 80.2 cm³/mol. The highest BCUT2D eigenvalue weighted by Crippen LogP contribution is 2.30. The van der Waals surface area contributed by atoms with E-state index in [0.29, 0.717) is 11.3 Å². The summed E-state index contributed by atoms with van der Waals surface area (Å²) >= 11 is 0. The Hall–Kier alpha value is -3.02. The highest BCUT2D eigenvalue weighted by atomic mass is 16.5. The zero-order valence-electron chi connectivity index (χ0n) is 12.1. The standard InChI is InChI=1S/C16H15NO5/c1-9-6-12(14(19)13(18)7-9)15(20)17-11-5-3-4-10(8-11)16(21)22-2/h3-8,18-19H,1-2H3,(H,17,20). The number of hydrogen-bond acceptors (Lipinski definition) is 5. The van der Waals surface area contributed by atoms with Crippen molar-refractivity contribution in [1.29, 1.82) is 0 Å². The molecule has 0 aliphatic carbocycles. The number of aromatic hydroxyl groups is 2. The maximum absolute atomic E-state index is 12.2. The van der Waals surface area contributed by atoms with Gasteiger partial charge in [0.05, 0.1) is 18.2 Å². The van der Waals surface area contributed by atoms with Crippen LogP contribution in [-0.2, 0) is 4.74 Å². The molecule has 0 aliphatic heterocycles. The summed E-state index contributed by atoms with van der Waals surface area (Å²) in [5, 5.41) is 21.9. The van der Waals surface area contributed by atoms with Crippen molar-refractivity contribution >= 4 is 17.6 Å². The first-order valence-electron chi connectivity index (χ1n) is 6.44. The van der Waals surface area contributed by atoms with E-state index in [4.69, 9.17) is 0 Å². The van der Waals surface area contributed by atoms with Crippen LogP contribution < -0.4 is 5.32 Å². The maximum atomic E-state index is 12.2. The number of rotatable bonds is 3. The number of ether oxygens (including phenoxy) is 1. The van der Waals surface area contributed by atoms with Gasteiger partial charge in [-0.05, 0) is 42.8 Å². The fourth-order valence-electron chi connectivity index (χ4n) is 1.97. The second-order valence-corrected chi connectivity index (χ2v) is 4.71. The molecule has 0 heterocycles. The van der Waals surface area contributed by atoms with Crippen molar-refractivity contribution in [3.8, 4) is 11.5 Å². The summed E-state index contributed by atoms with van der Waals surface area (Å²) in [6.07, 6.45) is 0. The van der Waals surface area contributed by atoms with Gasteiger partial charge in [0.1, 0.15) is 0 Å². The summed E-state index contributed by atoms with van der Waals surface area (Å²) in [6, 6.07) is 9.00. The molecule has 0 aromatic heterocycles. The molecular weight excluding hydrogens is 286 g/mol. The molecule has 0 saturated heterocycles. The number of anilines is 1. The molecule has 0 atom stereocenters. The molecule has 0 bridgehead atoms. The summed E-state index contributed by atoms with van der Waals surface area (Å²) in [6.45, 7) is 1.69. The van der Waals surface area contributed by atoms with Crippen molar-refractivity contribution < 1.29 is 24.5 Å². The fourth-order valence-corrected chi connectivity index (χ4v) is 1.97. The lowest BCUT2D eigenvalue weighted by Crippen LogP contribution is -2.13. The highest BCUT2D eigenvalue weighted by molar-refractivity contribution is 6.07. The lowest BCUT2D eigenvalue weighted by atomic mass is 10.1. The van der Waals surface area contributed by atoms with Crippen LogP contribution in [-0.4, -0.2) is 29.2 Å². The molecule has 114 valence electrons. The lowest BCUT2D eigenvalue weighted by molar-refractivity contribution is 0.0600. The van der Waals surface area contributed by atoms with Crippen LogP contribution in [0, 0.1) is 6.92 Å². The second-order valence-electron chi connectivity index (χ2n) is 4.71. The Morgan fingerprint density at radius 1 is 1.14 bits per heavy atom. The first-order valence-corrected chi connectivity index (χ1v) is 6.44. The minimum absolute atomic E-state index is 0.0547. The largest absolute Gasteiger partial charge is 0.504 e. The third-order valence-corrected chi connectivity index (χ3v) is 3.02. The van der Waals surface area contributed by atoms with Crippen LogP contribution in [0.2, 0.25) is 0 Å². The SMILES string of the molecule is COC(=O)c1cccc(NC(=O)c2cc(C)cc(O)c2O)c1. The molecule has 2 aromatic carbocycles. The summed E-state index contributed by atoms with van der Waals surface area (Å²) < 4.78 is 4.61. The van der Waals surface area contributed by atoms with Gasteiger partial charge in [-0.2, -0.15) is 0 Å². The van der Waals surface area contributed by atoms with Gasteiger partial charge in [-0.25, -0.2) is 4.79 Å². The number of methoxy groups -OCH3 is 1.